The third kappa shape index (κ3) is 5.40. The quantitative estimate of drug-likeness (QED) is 0.514. The van der Waals surface area contributed by atoms with Crippen LogP contribution in [-0.4, -0.2) is 28.9 Å². The Balaban J connectivity index is 1.66. The molecule has 4 rings (SSSR count). The fourth-order valence-corrected chi connectivity index (χ4v) is 3.60. The van der Waals surface area contributed by atoms with Crippen molar-refractivity contribution in [1.29, 1.82) is 0 Å². The monoisotopic (exact) mass is 420 g/mol. The summed E-state index contributed by atoms with van der Waals surface area (Å²) in [6, 6.07) is 17.0. The summed E-state index contributed by atoms with van der Waals surface area (Å²) in [6.45, 7) is 1.49. The number of para-hydroxylation sites is 2. The second-order valence-corrected chi connectivity index (χ2v) is 7.52. The molecule has 160 valence electrons. The molecule has 0 aliphatic carbocycles. The molecule has 1 aromatic heterocycles. The molecular formula is C25H25FN2O3. The SMILES string of the molecule is O=C(c1cccc(F)c1)N1CCCCCCOc2ccccc2Oc2ncccc2C1. The largest absolute Gasteiger partial charge is 0.490 e. The van der Waals surface area contributed by atoms with Gasteiger partial charge >= 0.3 is 0 Å². The Morgan fingerprint density at radius 1 is 0.935 bits per heavy atom. The van der Waals surface area contributed by atoms with Crippen molar-refractivity contribution in [3.63, 3.8) is 0 Å². The van der Waals surface area contributed by atoms with Gasteiger partial charge < -0.3 is 14.4 Å². The number of fused-ring (bicyclic) bond motifs is 2. The highest BCUT2D eigenvalue weighted by Crippen LogP contribution is 2.32. The molecule has 0 saturated heterocycles. The van der Waals surface area contributed by atoms with Crippen LogP contribution in [0.4, 0.5) is 4.39 Å². The molecule has 0 bridgehead atoms. The summed E-state index contributed by atoms with van der Waals surface area (Å²) in [5.74, 6) is 1.05. The first-order chi connectivity index (χ1) is 15.2. The van der Waals surface area contributed by atoms with Gasteiger partial charge in [0.1, 0.15) is 5.82 Å². The van der Waals surface area contributed by atoms with E-state index in [4.69, 9.17) is 9.47 Å². The van der Waals surface area contributed by atoms with Gasteiger partial charge in [0, 0.05) is 23.9 Å². The Labute approximate surface area is 181 Å². The van der Waals surface area contributed by atoms with E-state index in [1.807, 2.05) is 36.4 Å². The van der Waals surface area contributed by atoms with Gasteiger partial charge in [0.2, 0.25) is 5.88 Å². The maximum atomic E-state index is 13.7. The molecule has 2 heterocycles. The van der Waals surface area contributed by atoms with E-state index in [0.717, 1.165) is 31.2 Å². The molecule has 2 aromatic carbocycles. The first-order valence-electron chi connectivity index (χ1n) is 10.6. The predicted molar refractivity (Wildman–Crippen MR) is 116 cm³/mol. The topological polar surface area (TPSA) is 51.7 Å². The van der Waals surface area contributed by atoms with Gasteiger partial charge in [-0.05, 0) is 49.2 Å². The van der Waals surface area contributed by atoms with Crippen LogP contribution in [-0.2, 0) is 6.54 Å². The number of carbonyl (C=O) groups is 1. The molecule has 3 aromatic rings. The normalized spacial score (nSPS) is 14.9. The van der Waals surface area contributed by atoms with Gasteiger partial charge in [-0.3, -0.25) is 4.79 Å². The van der Waals surface area contributed by atoms with Crippen molar-refractivity contribution < 1.29 is 18.7 Å². The minimum Gasteiger partial charge on any atom is -0.490 e. The van der Waals surface area contributed by atoms with E-state index in [9.17, 15) is 9.18 Å². The maximum absolute atomic E-state index is 13.7. The van der Waals surface area contributed by atoms with E-state index in [2.05, 4.69) is 4.98 Å². The molecule has 5 nitrogen and oxygen atoms in total. The summed E-state index contributed by atoms with van der Waals surface area (Å²) in [4.78, 5) is 19.3. The Bertz CT molecular complexity index is 1040. The first kappa shape index (κ1) is 20.8. The van der Waals surface area contributed by atoms with E-state index in [0.29, 0.717) is 42.6 Å². The highest BCUT2D eigenvalue weighted by molar-refractivity contribution is 5.94. The number of halogens is 1. The number of aromatic nitrogens is 1. The van der Waals surface area contributed by atoms with Gasteiger partial charge in [-0.1, -0.05) is 37.1 Å². The number of ether oxygens (including phenoxy) is 2. The van der Waals surface area contributed by atoms with Crippen LogP contribution in [0, 0.1) is 5.82 Å². The average Bonchev–Trinajstić information content (AvgIpc) is 2.79. The number of amides is 1. The summed E-state index contributed by atoms with van der Waals surface area (Å²) in [5.41, 5.74) is 1.12. The standard InChI is InChI=1S/C25H25FN2O3/c26-21-11-7-9-19(17-21)25(29)28-15-5-1-2-6-16-30-22-12-3-4-13-23(22)31-24-20(18-28)10-8-14-27-24/h3-4,7-14,17H,1-2,5-6,15-16,18H2. The number of pyridine rings is 1. The number of hydrogen-bond donors (Lipinski definition) is 0. The lowest BCUT2D eigenvalue weighted by molar-refractivity contribution is 0.0737. The van der Waals surface area contributed by atoms with E-state index in [1.165, 1.54) is 12.1 Å². The molecule has 1 aliphatic rings. The maximum Gasteiger partial charge on any atom is 0.254 e. The lowest BCUT2D eigenvalue weighted by atomic mass is 10.1. The van der Waals surface area contributed by atoms with E-state index >= 15 is 0 Å². The Morgan fingerprint density at radius 3 is 2.65 bits per heavy atom. The predicted octanol–water partition coefficient (Wildman–Crippen LogP) is 5.61. The van der Waals surface area contributed by atoms with Gasteiger partial charge in [-0.2, -0.15) is 0 Å². The summed E-state index contributed by atoms with van der Waals surface area (Å²) in [7, 11) is 0. The van der Waals surface area contributed by atoms with Crippen molar-refractivity contribution in [3.05, 3.63) is 83.8 Å². The highest BCUT2D eigenvalue weighted by atomic mass is 19.1. The van der Waals surface area contributed by atoms with E-state index in [-0.39, 0.29) is 5.91 Å². The minimum atomic E-state index is -0.421. The molecule has 0 spiro atoms. The van der Waals surface area contributed by atoms with Crippen molar-refractivity contribution in [2.75, 3.05) is 13.2 Å². The Hall–Kier alpha value is -3.41. The van der Waals surface area contributed by atoms with E-state index < -0.39 is 5.82 Å². The van der Waals surface area contributed by atoms with Crippen LogP contribution in [0.15, 0.2) is 66.9 Å². The van der Waals surface area contributed by atoms with Crippen molar-refractivity contribution in [1.82, 2.24) is 9.88 Å². The molecule has 1 aliphatic heterocycles. The molecule has 0 fully saturated rings. The highest BCUT2D eigenvalue weighted by Gasteiger charge is 2.20. The molecule has 0 N–H and O–H groups in total. The fourth-order valence-electron chi connectivity index (χ4n) is 3.60. The van der Waals surface area contributed by atoms with Crippen LogP contribution >= 0.6 is 0 Å². The van der Waals surface area contributed by atoms with Gasteiger partial charge in [0.05, 0.1) is 13.2 Å². The second kappa shape index (κ2) is 10.1. The summed E-state index contributed by atoms with van der Waals surface area (Å²) >= 11 is 0. The number of carbonyl (C=O) groups excluding carboxylic acids is 1. The van der Waals surface area contributed by atoms with Crippen LogP contribution in [0.5, 0.6) is 17.4 Å². The van der Waals surface area contributed by atoms with Crippen molar-refractivity contribution >= 4 is 5.91 Å². The van der Waals surface area contributed by atoms with Crippen LogP contribution in [0.25, 0.3) is 0 Å². The number of hydrogen-bond acceptors (Lipinski definition) is 4. The summed E-state index contributed by atoms with van der Waals surface area (Å²) in [6.07, 6.45) is 5.41. The Morgan fingerprint density at radius 2 is 1.77 bits per heavy atom. The summed E-state index contributed by atoms with van der Waals surface area (Å²) < 4.78 is 25.7. The molecule has 0 atom stereocenters. The molecule has 0 saturated carbocycles. The van der Waals surface area contributed by atoms with Crippen LogP contribution in [0.1, 0.15) is 41.6 Å². The van der Waals surface area contributed by atoms with Gasteiger partial charge in [-0.15, -0.1) is 0 Å². The molecule has 31 heavy (non-hydrogen) atoms. The van der Waals surface area contributed by atoms with Crippen molar-refractivity contribution in [2.24, 2.45) is 0 Å². The Kier molecular flexibility index (Phi) is 6.77. The third-order valence-corrected chi connectivity index (χ3v) is 5.21. The molecule has 6 heteroatoms. The molecule has 1 amide bonds. The van der Waals surface area contributed by atoms with Crippen LogP contribution < -0.4 is 9.47 Å². The zero-order valence-corrected chi connectivity index (χ0v) is 17.3. The van der Waals surface area contributed by atoms with Gasteiger partial charge in [-0.25, -0.2) is 9.37 Å². The second-order valence-electron chi connectivity index (χ2n) is 7.52. The minimum absolute atomic E-state index is 0.204. The van der Waals surface area contributed by atoms with Crippen LogP contribution in [0.2, 0.25) is 0 Å². The lowest BCUT2D eigenvalue weighted by Crippen LogP contribution is -2.32. The fraction of sp³-hybridized carbons (Fsp3) is 0.280. The van der Waals surface area contributed by atoms with Gasteiger partial charge in [0.25, 0.3) is 5.91 Å². The third-order valence-electron chi connectivity index (χ3n) is 5.21. The van der Waals surface area contributed by atoms with E-state index in [1.54, 1.807) is 23.2 Å². The lowest BCUT2D eigenvalue weighted by Gasteiger charge is -2.24. The zero-order chi connectivity index (χ0) is 21.5. The number of nitrogens with zero attached hydrogens (tertiary/aromatic N) is 2. The van der Waals surface area contributed by atoms with Crippen LogP contribution in [0.3, 0.4) is 0 Å². The molecular weight excluding hydrogens is 395 g/mol. The molecule has 0 radical (unpaired) electrons. The first-order valence-corrected chi connectivity index (χ1v) is 10.6. The summed E-state index contributed by atoms with van der Waals surface area (Å²) in [5, 5.41) is 0. The number of benzene rings is 2. The smallest absolute Gasteiger partial charge is 0.254 e. The number of rotatable bonds is 1. The van der Waals surface area contributed by atoms with Crippen molar-refractivity contribution in [3.8, 4) is 17.4 Å². The average molecular weight is 420 g/mol. The van der Waals surface area contributed by atoms with Gasteiger partial charge in [0.15, 0.2) is 11.5 Å². The zero-order valence-electron chi connectivity index (χ0n) is 17.3. The van der Waals surface area contributed by atoms with Crippen molar-refractivity contribution in [2.45, 2.75) is 32.2 Å². The molecule has 0 unspecified atom stereocenters.